The lowest BCUT2D eigenvalue weighted by molar-refractivity contribution is -0.123. The minimum atomic E-state index is -0.990. The van der Waals surface area contributed by atoms with Gasteiger partial charge in [0.15, 0.2) is 0 Å². The number of nitrogens with zero attached hydrogens (tertiary/aromatic N) is 4. The summed E-state index contributed by atoms with van der Waals surface area (Å²) >= 11 is 0. The van der Waals surface area contributed by atoms with Crippen molar-refractivity contribution < 1.29 is 19.1 Å². The molecule has 1 unspecified atom stereocenters. The van der Waals surface area contributed by atoms with Gasteiger partial charge in [-0.15, -0.1) is 0 Å². The lowest BCUT2D eigenvalue weighted by Gasteiger charge is -2.17. The van der Waals surface area contributed by atoms with Crippen LogP contribution in [0.3, 0.4) is 0 Å². The van der Waals surface area contributed by atoms with Gasteiger partial charge in [-0.2, -0.15) is 0 Å². The molecule has 0 saturated carbocycles. The van der Waals surface area contributed by atoms with Gasteiger partial charge in [-0.1, -0.05) is 19.9 Å². The number of nitrogens with one attached hydrogen (secondary N) is 3. The number of hydrogen-bond acceptors (Lipinski definition) is 7. The fraction of sp³-hybridized carbons (Fsp3) is 0.407. The minimum absolute atomic E-state index is 0.0638. The maximum absolute atomic E-state index is 13.2. The quantitative estimate of drug-likeness (QED) is 0.318. The lowest BCUT2D eigenvalue weighted by Crippen LogP contribution is -2.44. The van der Waals surface area contributed by atoms with Gasteiger partial charge in [-0.3, -0.25) is 14.4 Å². The molecule has 3 N–H and O–H groups in total. The number of methoxy groups -OCH3 is 1. The van der Waals surface area contributed by atoms with Gasteiger partial charge in [-0.05, 0) is 49.5 Å². The molecule has 3 amide bonds. The SMILES string of the molecule is COC(=O)NC(CC/C=C/C(=O)N(C)C)C(=O)Nc1cccn(Cc2cc3ncnc(CC(C)C)c3[nH]2)c1=O. The van der Waals surface area contributed by atoms with Crippen LogP contribution in [-0.4, -0.2) is 69.6 Å². The van der Waals surface area contributed by atoms with Crippen molar-refractivity contribution in [2.45, 2.75) is 45.7 Å². The molecule has 0 fully saturated rings. The average Bonchev–Trinajstić information content (AvgIpc) is 3.31. The number of allylic oxidation sites excluding steroid dienone is 1. The Morgan fingerprint density at radius 3 is 2.69 bits per heavy atom. The number of aromatic nitrogens is 4. The van der Waals surface area contributed by atoms with Crippen molar-refractivity contribution >= 4 is 34.6 Å². The molecule has 0 radical (unpaired) electrons. The van der Waals surface area contributed by atoms with Gasteiger partial charge in [0.25, 0.3) is 5.56 Å². The van der Waals surface area contributed by atoms with E-state index in [4.69, 9.17) is 0 Å². The van der Waals surface area contributed by atoms with Crippen LogP contribution in [-0.2, 0) is 27.3 Å². The predicted octanol–water partition coefficient (Wildman–Crippen LogP) is 2.45. The molecule has 0 spiro atoms. The summed E-state index contributed by atoms with van der Waals surface area (Å²) in [5.74, 6) is -0.353. The summed E-state index contributed by atoms with van der Waals surface area (Å²) in [6, 6.07) is 4.04. The Hall–Kier alpha value is -4.48. The largest absolute Gasteiger partial charge is 0.453 e. The summed E-state index contributed by atoms with van der Waals surface area (Å²) in [5.41, 5.74) is 2.95. The Morgan fingerprint density at radius 2 is 2.00 bits per heavy atom. The number of fused-ring (bicyclic) bond motifs is 1. The Labute approximate surface area is 226 Å². The van der Waals surface area contributed by atoms with E-state index in [1.54, 1.807) is 32.4 Å². The smallest absolute Gasteiger partial charge is 0.407 e. The molecular formula is C27H35N7O5. The van der Waals surface area contributed by atoms with E-state index in [1.807, 2.05) is 6.07 Å². The highest BCUT2D eigenvalue weighted by Gasteiger charge is 2.22. The molecule has 0 saturated heterocycles. The molecule has 0 aromatic carbocycles. The third kappa shape index (κ3) is 8.00. The van der Waals surface area contributed by atoms with Crippen molar-refractivity contribution in [2.75, 3.05) is 26.5 Å². The molecule has 0 aliphatic rings. The zero-order valence-electron chi connectivity index (χ0n) is 22.9. The molecule has 208 valence electrons. The summed E-state index contributed by atoms with van der Waals surface area (Å²) < 4.78 is 6.10. The first-order valence-electron chi connectivity index (χ1n) is 12.6. The molecule has 0 aliphatic carbocycles. The molecule has 12 nitrogen and oxygen atoms in total. The van der Waals surface area contributed by atoms with E-state index in [1.165, 1.54) is 35.0 Å². The molecule has 3 rings (SSSR count). The third-order valence-electron chi connectivity index (χ3n) is 5.89. The monoisotopic (exact) mass is 537 g/mol. The summed E-state index contributed by atoms with van der Waals surface area (Å²) in [7, 11) is 4.45. The molecule has 3 aromatic heterocycles. The van der Waals surface area contributed by atoms with Gasteiger partial charge in [0.2, 0.25) is 11.8 Å². The van der Waals surface area contributed by atoms with Gasteiger partial charge in [0.05, 0.1) is 30.4 Å². The van der Waals surface area contributed by atoms with Crippen molar-refractivity contribution in [3.63, 3.8) is 0 Å². The Morgan fingerprint density at radius 1 is 1.23 bits per heavy atom. The van der Waals surface area contributed by atoms with E-state index < -0.39 is 23.6 Å². The van der Waals surface area contributed by atoms with Crippen molar-refractivity contribution in [3.8, 4) is 0 Å². The first-order valence-corrected chi connectivity index (χ1v) is 12.6. The second kappa shape index (κ2) is 13.4. The van der Waals surface area contributed by atoms with Gasteiger partial charge in [0.1, 0.15) is 18.1 Å². The van der Waals surface area contributed by atoms with Gasteiger partial charge < -0.3 is 29.8 Å². The van der Waals surface area contributed by atoms with E-state index in [0.717, 1.165) is 28.8 Å². The van der Waals surface area contributed by atoms with Crippen molar-refractivity contribution in [2.24, 2.45) is 5.92 Å². The van der Waals surface area contributed by atoms with E-state index in [-0.39, 0.29) is 24.6 Å². The highest BCUT2D eigenvalue weighted by atomic mass is 16.5. The number of carbonyl (C=O) groups is 3. The van der Waals surface area contributed by atoms with Gasteiger partial charge in [-0.25, -0.2) is 14.8 Å². The zero-order chi connectivity index (χ0) is 28.5. The first kappa shape index (κ1) is 29.1. The van der Waals surface area contributed by atoms with Crippen LogP contribution in [0.5, 0.6) is 0 Å². The maximum Gasteiger partial charge on any atom is 0.407 e. The standard InChI is InChI=1S/C27H35N7O5/c1-17(2)13-21-24-22(29-16-28-21)14-18(30-24)15-34-12-8-10-20(26(34)37)31-25(36)19(32-27(38)39-5)9-6-7-11-23(35)33(3)4/h7-8,10-12,14,16-17,19,30H,6,9,13,15H2,1-5H3,(H,31,36)(H,32,38)/b11-7+. The molecular weight excluding hydrogens is 502 g/mol. The third-order valence-corrected chi connectivity index (χ3v) is 5.89. The number of rotatable bonds is 11. The number of amides is 3. The van der Waals surface area contributed by atoms with E-state index in [9.17, 15) is 19.2 Å². The fourth-order valence-electron chi connectivity index (χ4n) is 3.90. The second-order valence-electron chi connectivity index (χ2n) is 9.72. The van der Waals surface area contributed by atoms with Crippen LogP contribution in [0.1, 0.15) is 38.1 Å². The lowest BCUT2D eigenvalue weighted by atomic mass is 10.1. The topological polar surface area (TPSA) is 151 Å². The van der Waals surface area contributed by atoms with Crippen LogP contribution in [0.4, 0.5) is 10.5 Å². The number of pyridine rings is 1. The number of aromatic amines is 1. The van der Waals surface area contributed by atoms with Crippen LogP contribution >= 0.6 is 0 Å². The first-order chi connectivity index (χ1) is 18.6. The molecule has 3 heterocycles. The molecule has 3 aromatic rings. The van der Waals surface area contributed by atoms with Gasteiger partial charge >= 0.3 is 6.09 Å². The highest BCUT2D eigenvalue weighted by Crippen LogP contribution is 2.19. The summed E-state index contributed by atoms with van der Waals surface area (Å²) in [5, 5.41) is 5.09. The number of carbonyl (C=O) groups excluding carboxylic acids is 3. The van der Waals surface area contributed by atoms with Crippen molar-refractivity contribution in [3.05, 3.63) is 64.6 Å². The summed E-state index contributed by atoms with van der Waals surface area (Å²) in [6.07, 6.45) is 6.71. The molecule has 0 aliphatic heterocycles. The normalized spacial score (nSPS) is 12.1. The number of H-pyrrole nitrogens is 1. The Balaban J connectivity index is 1.75. The fourth-order valence-corrected chi connectivity index (χ4v) is 3.90. The van der Waals surface area contributed by atoms with Gasteiger partial charge in [0, 0.05) is 26.0 Å². The number of alkyl carbamates (subject to hydrolysis) is 1. The number of hydrogen-bond donors (Lipinski definition) is 3. The van der Waals surface area contributed by atoms with E-state index in [0.29, 0.717) is 12.3 Å². The van der Waals surface area contributed by atoms with E-state index >= 15 is 0 Å². The van der Waals surface area contributed by atoms with Crippen molar-refractivity contribution in [1.82, 2.24) is 29.7 Å². The molecule has 12 heteroatoms. The van der Waals surface area contributed by atoms with Crippen LogP contribution in [0.25, 0.3) is 11.0 Å². The Kier molecular flexibility index (Phi) is 9.96. The van der Waals surface area contributed by atoms with Crippen LogP contribution in [0.2, 0.25) is 0 Å². The number of ether oxygens (including phenoxy) is 1. The zero-order valence-corrected chi connectivity index (χ0v) is 22.9. The minimum Gasteiger partial charge on any atom is -0.453 e. The molecule has 1 atom stereocenters. The summed E-state index contributed by atoms with van der Waals surface area (Å²) in [6.45, 7) is 4.46. The molecule has 0 bridgehead atoms. The van der Waals surface area contributed by atoms with Crippen LogP contribution in [0.15, 0.2) is 47.7 Å². The number of anilines is 1. The Bertz CT molecular complexity index is 1410. The van der Waals surface area contributed by atoms with Crippen molar-refractivity contribution in [1.29, 1.82) is 0 Å². The summed E-state index contributed by atoms with van der Waals surface area (Å²) in [4.78, 5) is 63.2. The average molecular weight is 538 g/mol. The highest BCUT2D eigenvalue weighted by molar-refractivity contribution is 5.96. The second-order valence-corrected chi connectivity index (χ2v) is 9.72. The van der Waals surface area contributed by atoms with E-state index in [2.05, 4.69) is 44.2 Å². The van der Waals surface area contributed by atoms with Crippen LogP contribution in [0, 0.1) is 5.92 Å². The predicted molar refractivity (Wildman–Crippen MR) is 147 cm³/mol. The maximum atomic E-state index is 13.2. The number of likely N-dealkylation sites (N-methyl/N-ethyl adjacent to an activating group) is 1. The van der Waals surface area contributed by atoms with Crippen LogP contribution < -0.4 is 16.2 Å². The molecule has 39 heavy (non-hydrogen) atoms.